The third-order valence-electron chi connectivity index (χ3n) is 2.83. The molecule has 0 aliphatic heterocycles. The molecule has 0 unspecified atom stereocenters. The summed E-state index contributed by atoms with van der Waals surface area (Å²) in [5.74, 6) is 0.848. The Hall–Kier alpha value is -2.57. The zero-order valence-corrected chi connectivity index (χ0v) is 11.3. The molecule has 2 rings (SSSR count). The maximum atomic E-state index is 11.8. The van der Waals surface area contributed by atoms with E-state index in [1.165, 1.54) is 22.9 Å². The molecular formula is C13H16N4O3. The highest BCUT2D eigenvalue weighted by molar-refractivity contribution is 5.75. The van der Waals surface area contributed by atoms with Gasteiger partial charge in [-0.3, -0.25) is 9.59 Å². The van der Waals surface area contributed by atoms with Gasteiger partial charge in [0.1, 0.15) is 12.3 Å². The van der Waals surface area contributed by atoms with Crippen molar-refractivity contribution in [3.05, 3.63) is 46.0 Å². The molecule has 0 saturated carbocycles. The van der Waals surface area contributed by atoms with Crippen molar-refractivity contribution < 1.29 is 9.21 Å². The molecular weight excluding hydrogens is 260 g/mol. The van der Waals surface area contributed by atoms with E-state index >= 15 is 0 Å². The summed E-state index contributed by atoms with van der Waals surface area (Å²) in [6.45, 7) is 3.73. The molecule has 7 nitrogen and oxygen atoms in total. The number of nitrogens with two attached hydrogens (primary N) is 1. The Balaban J connectivity index is 1.96. The van der Waals surface area contributed by atoms with Crippen molar-refractivity contribution in [1.82, 2.24) is 14.9 Å². The lowest BCUT2D eigenvalue weighted by molar-refractivity contribution is -0.122. The summed E-state index contributed by atoms with van der Waals surface area (Å²) in [7, 11) is 0. The van der Waals surface area contributed by atoms with Crippen molar-refractivity contribution in [2.45, 2.75) is 26.9 Å². The summed E-state index contributed by atoms with van der Waals surface area (Å²) in [5.41, 5.74) is 6.51. The predicted molar refractivity (Wildman–Crippen MR) is 72.9 cm³/mol. The van der Waals surface area contributed by atoms with E-state index in [4.69, 9.17) is 10.2 Å². The van der Waals surface area contributed by atoms with Gasteiger partial charge in [0.05, 0.1) is 12.2 Å². The van der Waals surface area contributed by atoms with Gasteiger partial charge in [-0.2, -0.15) is 0 Å². The van der Waals surface area contributed by atoms with Crippen LogP contribution in [0.2, 0.25) is 0 Å². The van der Waals surface area contributed by atoms with Crippen LogP contribution in [-0.4, -0.2) is 15.5 Å². The largest absolute Gasteiger partial charge is 0.444 e. The summed E-state index contributed by atoms with van der Waals surface area (Å²) in [6.07, 6.45) is 1.43. The Bertz CT molecular complexity index is 668. The number of nitrogen functional groups attached to an aromatic ring is 1. The molecule has 0 bridgehead atoms. The van der Waals surface area contributed by atoms with E-state index in [9.17, 15) is 9.59 Å². The van der Waals surface area contributed by atoms with Gasteiger partial charge in [0.2, 0.25) is 11.8 Å². The monoisotopic (exact) mass is 276 g/mol. The van der Waals surface area contributed by atoms with E-state index < -0.39 is 0 Å². The van der Waals surface area contributed by atoms with Crippen molar-refractivity contribution in [2.24, 2.45) is 0 Å². The second-order valence-electron chi connectivity index (χ2n) is 4.45. The predicted octanol–water partition coefficient (Wildman–Crippen LogP) is 0.352. The van der Waals surface area contributed by atoms with Crippen LogP contribution in [0, 0.1) is 13.8 Å². The SMILES string of the molecule is Cc1nc(CNC(=O)Cn2cc(N)ccc2=O)oc1C. The summed E-state index contributed by atoms with van der Waals surface area (Å²) in [6, 6.07) is 2.82. The van der Waals surface area contributed by atoms with Crippen LogP contribution < -0.4 is 16.6 Å². The summed E-state index contributed by atoms with van der Waals surface area (Å²) < 4.78 is 6.59. The van der Waals surface area contributed by atoms with Crippen LogP contribution in [0.4, 0.5) is 5.69 Å². The second-order valence-corrected chi connectivity index (χ2v) is 4.45. The normalized spacial score (nSPS) is 10.5. The minimum absolute atomic E-state index is 0.0947. The average molecular weight is 276 g/mol. The highest BCUT2D eigenvalue weighted by Crippen LogP contribution is 2.07. The minimum Gasteiger partial charge on any atom is -0.444 e. The van der Waals surface area contributed by atoms with Gasteiger partial charge >= 0.3 is 0 Å². The smallest absolute Gasteiger partial charge is 0.251 e. The van der Waals surface area contributed by atoms with E-state index in [1.54, 1.807) is 6.92 Å². The number of hydrogen-bond acceptors (Lipinski definition) is 5. The van der Waals surface area contributed by atoms with Gasteiger partial charge in [-0.05, 0) is 19.9 Å². The number of carbonyl (C=O) groups is 1. The zero-order valence-electron chi connectivity index (χ0n) is 11.3. The van der Waals surface area contributed by atoms with Crippen LogP contribution in [0.1, 0.15) is 17.3 Å². The number of nitrogens with one attached hydrogen (secondary N) is 1. The molecule has 2 aromatic heterocycles. The van der Waals surface area contributed by atoms with Crippen molar-refractivity contribution in [2.75, 3.05) is 5.73 Å². The Morgan fingerprint density at radius 1 is 1.45 bits per heavy atom. The number of hydrogen-bond donors (Lipinski definition) is 2. The number of amides is 1. The maximum absolute atomic E-state index is 11.8. The number of rotatable bonds is 4. The van der Waals surface area contributed by atoms with E-state index in [2.05, 4.69) is 10.3 Å². The fraction of sp³-hybridized carbons (Fsp3) is 0.308. The fourth-order valence-electron chi connectivity index (χ4n) is 1.67. The molecule has 7 heteroatoms. The van der Waals surface area contributed by atoms with Crippen LogP contribution in [0.3, 0.4) is 0 Å². The summed E-state index contributed by atoms with van der Waals surface area (Å²) in [5, 5.41) is 2.64. The van der Waals surface area contributed by atoms with Crippen LogP contribution >= 0.6 is 0 Å². The molecule has 0 radical (unpaired) electrons. The first-order valence-corrected chi connectivity index (χ1v) is 6.11. The highest BCUT2D eigenvalue weighted by atomic mass is 16.4. The number of carbonyl (C=O) groups excluding carboxylic acids is 1. The van der Waals surface area contributed by atoms with Gasteiger partial charge in [0, 0.05) is 18.0 Å². The first kappa shape index (κ1) is 13.9. The molecule has 1 amide bonds. The lowest BCUT2D eigenvalue weighted by Gasteiger charge is -2.06. The molecule has 0 aliphatic carbocycles. The number of anilines is 1. The fourth-order valence-corrected chi connectivity index (χ4v) is 1.67. The van der Waals surface area contributed by atoms with Gasteiger partial charge < -0.3 is 20.0 Å². The Morgan fingerprint density at radius 3 is 2.85 bits per heavy atom. The third-order valence-corrected chi connectivity index (χ3v) is 2.83. The van der Waals surface area contributed by atoms with Gasteiger partial charge in [-0.25, -0.2) is 4.98 Å². The van der Waals surface area contributed by atoms with E-state index in [0.717, 1.165) is 11.5 Å². The number of aryl methyl sites for hydroxylation is 2. The summed E-state index contributed by atoms with van der Waals surface area (Å²) in [4.78, 5) is 27.4. The molecule has 0 atom stereocenters. The lowest BCUT2D eigenvalue weighted by atomic mass is 10.4. The van der Waals surface area contributed by atoms with Crippen LogP contribution in [0.5, 0.6) is 0 Å². The van der Waals surface area contributed by atoms with Gasteiger partial charge in [0.15, 0.2) is 0 Å². The Labute approximate surface area is 115 Å². The topological polar surface area (TPSA) is 103 Å². The molecule has 0 aliphatic rings. The molecule has 2 aromatic rings. The number of aromatic nitrogens is 2. The molecule has 0 aromatic carbocycles. The van der Waals surface area contributed by atoms with Gasteiger partial charge in [-0.1, -0.05) is 0 Å². The number of oxazole rings is 1. The van der Waals surface area contributed by atoms with Gasteiger partial charge in [0.25, 0.3) is 5.56 Å². The molecule has 2 heterocycles. The van der Waals surface area contributed by atoms with Crippen molar-refractivity contribution in [3.8, 4) is 0 Å². The Kier molecular flexibility index (Phi) is 3.88. The maximum Gasteiger partial charge on any atom is 0.251 e. The first-order chi connectivity index (χ1) is 9.45. The third kappa shape index (κ3) is 3.25. The van der Waals surface area contributed by atoms with Crippen molar-refractivity contribution in [3.63, 3.8) is 0 Å². The van der Waals surface area contributed by atoms with Crippen LogP contribution in [0.15, 0.2) is 27.5 Å². The highest BCUT2D eigenvalue weighted by Gasteiger charge is 2.08. The molecule has 106 valence electrons. The molecule has 0 saturated heterocycles. The molecule has 3 N–H and O–H groups in total. The molecule has 0 fully saturated rings. The van der Waals surface area contributed by atoms with E-state index in [-0.39, 0.29) is 24.6 Å². The summed E-state index contributed by atoms with van der Waals surface area (Å²) >= 11 is 0. The van der Waals surface area contributed by atoms with Crippen LogP contribution in [0.25, 0.3) is 0 Å². The zero-order chi connectivity index (χ0) is 14.7. The average Bonchev–Trinajstić information content (AvgIpc) is 2.71. The van der Waals surface area contributed by atoms with Crippen molar-refractivity contribution >= 4 is 11.6 Å². The first-order valence-electron chi connectivity index (χ1n) is 6.11. The lowest BCUT2D eigenvalue weighted by Crippen LogP contribution is -2.31. The molecule has 0 spiro atoms. The molecule has 20 heavy (non-hydrogen) atoms. The van der Waals surface area contributed by atoms with Crippen molar-refractivity contribution in [1.29, 1.82) is 0 Å². The van der Waals surface area contributed by atoms with Crippen LogP contribution in [-0.2, 0) is 17.9 Å². The quantitative estimate of drug-likeness (QED) is 0.838. The number of nitrogens with zero attached hydrogens (tertiary/aromatic N) is 2. The van der Waals surface area contributed by atoms with E-state index in [1.807, 2.05) is 6.92 Å². The standard InChI is InChI=1S/C13H16N4O3/c1-8-9(2)20-12(16-8)5-15-11(18)7-17-6-10(14)3-4-13(17)19/h3-4,6H,5,7,14H2,1-2H3,(H,15,18). The Morgan fingerprint density at radius 2 is 2.20 bits per heavy atom. The second kappa shape index (κ2) is 5.60. The number of pyridine rings is 1. The van der Waals surface area contributed by atoms with E-state index in [0.29, 0.717) is 11.6 Å². The minimum atomic E-state index is -0.314. The van der Waals surface area contributed by atoms with Gasteiger partial charge in [-0.15, -0.1) is 0 Å².